The van der Waals surface area contributed by atoms with Gasteiger partial charge in [0.2, 0.25) is 5.88 Å². The summed E-state index contributed by atoms with van der Waals surface area (Å²) in [6.07, 6.45) is 4.30. The number of rotatable bonds is 5. The van der Waals surface area contributed by atoms with Gasteiger partial charge < -0.3 is 15.2 Å². The zero-order valence-corrected chi connectivity index (χ0v) is 10.6. The molecule has 0 aliphatic heterocycles. The second kappa shape index (κ2) is 5.83. The Hall–Kier alpha value is -2.90. The lowest BCUT2D eigenvalue weighted by Gasteiger charge is -2.06. The highest BCUT2D eigenvalue weighted by Gasteiger charge is 2.13. The number of carbonyl (C=O) groups is 2. The number of anilines is 1. The zero-order valence-electron chi connectivity index (χ0n) is 10.6. The van der Waals surface area contributed by atoms with Gasteiger partial charge in [0.05, 0.1) is 19.0 Å². The van der Waals surface area contributed by atoms with Crippen molar-refractivity contribution in [1.29, 1.82) is 0 Å². The molecule has 2 N–H and O–H groups in total. The highest BCUT2D eigenvalue weighted by molar-refractivity contribution is 6.05. The first-order valence-corrected chi connectivity index (χ1v) is 5.64. The Morgan fingerprint density at radius 3 is 3.00 bits per heavy atom. The SMILES string of the molecule is COc1ncccc1C(=O)Nc1cnn(CC(=O)O)c1. The molecule has 0 fully saturated rings. The van der Waals surface area contributed by atoms with Crippen molar-refractivity contribution in [1.82, 2.24) is 14.8 Å². The second-order valence-electron chi connectivity index (χ2n) is 3.83. The van der Waals surface area contributed by atoms with Crippen LogP contribution in [0, 0.1) is 0 Å². The van der Waals surface area contributed by atoms with E-state index in [1.807, 2.05) is 0 Å². The number of carbonyl (C=O) groups excluding carboxylic acids is 1. The lowest BCUT2D eigenvalue weighted by atomic mass is 10.2. The molecule has 0 saturated carbocycles. The topological polar surface area (TPSA) is 106 Å². The molecule has 2 heterocycles. The van der Waals surface area contributed by atoms with Crippen molar-refractivity contribution >= 4 is 17.6 Å². The summed E-state index contributed by atoms with van der Waals surface area (Å²) in [5.74, 6) is -1.22. The van der Waals surface area contributed by atoms with Crippen LogP contribution in [0.2, 0.25) is 0 Å². The number of pyridine rings is 1. The Balaban J connectivity index is 2.11. The van der Waals surface area contributed by atoms with Crippen molar-refractivity contribution in [2.24, 2.45) is 0 Å². The molecule has 2 rings (SSSR count). The molecule has 0 spiro atoms. The van der Waals surface area contributed by atoms with E-state index in [-0.39, 0.29) is 18.0 Å². The molecule has 8 nitrogen and oxygen atoms in total. The van der Waals surface area contributed by atoms with Gasteiger partial charge in [-0.2, -0.15) is 5.10 Å². The Morgan fingerprint density at radius 2 is 2.30 bits per heavy atom. The maximum atomic E-state index is 12.0. The van der Waals surface area contributed by atoms with Gasteiger partial charge >= 0.3 is 5.97 Å². The average Bonchev–Trinajstić information content (AvgIpc) is 2.85. The van der Waals surface area contributed by atoms with Crippen LogP contribution in [0.4, 0.5) is 5.69 Å². The van der Waals surface area contributed by atoms with Gasteiger partial charge in [-0.1, -0.05) is 0 Å². The predicted molar refractivity (Wildman–Crippen MR) is 68.6 cm³/mol. The first-order chi connectivity index (χ1) is 9.60. The van der Waals surface area contributed by atoms with Gasteiger partial charge in [0.25, 0.3) is 5.91 Å². The smallest absolute Gasteiger partial charge is 0.325 e. The molecule has 8 heteroatoms. The summed E-state index contributed by atoms with van der Waals surface area (Å²) in [6.45, 7) is -0.272. The summed E-state index contributed by atoms with van der Waals surface area (Å²) in [7, 11) is 1.42. The minimum Gasteiger partial charge on any atom is -0.480 e. The van der Waals surface area contributed by atoms with E-state index in [1.165, 1.54) is 30.4 Å². The third-order valence-electron chi connectivity index (χ3n) is 2.40. The third-order valence-corrected chi connectivity index (χ3v) is 2.40. The second-order valence-corrected chi connectivity index (χ2v) is 3.83. The molecule has 2 aromatic rings. The Labute approximate surface area is 114 Å². The quantitative estimate of drug-likeness (QED) is 0.829. The van der Waals surface area contributed by atoms with Crippen LogP contribution >= 0.6 is 0 Å². The number of ether oxygens (including phenoxy) is 1. The molecule has 0 saturated heterocycles. The molecule has 0 radical (unpaired) electrons. The number of hydrogen-bond donors (Lipinski definition) is 2. The van der Waals surface area contributed by atoms with Crippen LogP contribution in [-0.4, -0.2) is 38.9 Å². The van der Waals surface area contributed by atoms with Gasteiger partial charge in [0, 0.05) is 12.4 Å². The van der Waals surface area contributed by atoms with Crippen molar-refractivity contribution in [3.05, 3.63) is 36.3 Å². The average molecular weight is 276 g/mol. The normalized spacial score (nSPS) is 10.1. The van der Waals surface area contributed by atoms with Crippen molar-refractivity contribution in [2.45, 2.75) is 6.54 Å². The van der Waals surface area contributed by atoms with Gasteiger partial charge in [0.1, 0.15) is 12.1 Å². The lowest BCUT2D eigenvalue weighted by molar-refractivity contribution is -0.137. The van der Waals surface area contributed by atoms with E-state index in [9.17, 15) is 9.59 Å². The number of amides is 1. The number of aliphatic carboxylic acids is 1. The molecule has 1 amide bonds. The number of hydrogen-bond acceptors (Lipinski definition) is 5. The van der Waals surface area contributed by atoms with Crippen LogP contribution < -0.4 is 10.1 Å². The Kier molecular flexibility index (Phi) is 3.94. The molecule has 0 atom stereocenters. The van der Waals surface area contributed by atoms with Gasteiger partial charge in [-0.05, 0) is 12.1 Å². The summed E-state index contributed by atoms with van der Waals surface area (Å²) in [5.41, 5.74) is 0.670. The fourth-order valence-corrected chi connectivity index (χ4v) is 1.58. The van der Waals surface area contributed by atoms with Gasteiger partial charge in [0.15, 0.2) is 0 Å². The van der Waals surface area contributed by atoms with Crippen LogP contribution in [-0.2, 0) is 11.3 Å². The number of nitrogens with one attached hydrogen (secondary N) is 1. The Morgan fingerprint density at radius 1 is 1.50 bits per heavy atom. The maximum absolute atomic E-state index is 12.0. The van der Waals surface area contributed by atoms with Crippen LogP contribution in [0.15, 0.2) is 30.7 Å². The molecule has 104 valence electrons. The molecular weight excluding hydrogens is 264 g/mol. The summed E-state index contributed by atoms with van der Waals surface area (Å²) >= 11 is 0. The predicted octanol–water partition coefficient (Wildman–Crippen LogP) is 0.624. The summed E-state index contributed by atoms with van der Waals surface area (Å²) in [6, 6.07) is 3.19. The van der Waals surface area contributed by atoms with Crippen molar-refractivity contribution in [3.8, 4) is 5.88 Å². The van der Waals surface area contributed by atoms with Crippen LogP contribution in [0.3, 0.4) is 0 Å². The first-order valence-electron chi connectivity index (χ1n) is 5.64. The fraction of sp³-hybridized carbons (Fsp3) is 0.167. The molecular formula is C12H12N4O4. The van der Waals surface area contributed by atoms with Gasteiger partial charge in [-0.15, -0.1) is 0 Å². The molecule has 0 bridgehead atoms. The lowest BCUT2D eigenvalue weighted by Crippen LogP contribution is -2.13. The van der Waals surface area contributed by atoms with Crippen molar-refractivity contribution < 1.29 is 19.4 Å². The number of carboxylic acid groups (broad SMARTS) is 1. The monoisotopic (exact) mass is 276 g/mol. The summed E-state index contributed by atoms with van der Waals surface area (Å²) < 4.78 is 6.20. The van der Waals surface area contributed by atoms with Crippen molar-refractivity contribution in [3.63, 3.8) is 0 Å². The number of nitrogens with zero attached hydrogens (tertiary/aromatic N) is 3. The largest absolute Gasteiger partial charge is 0.480 e. The molecule has 2 aromatic heterocycles. The number of aromatic nitrogens is 3. The van der Waals surface area contributed by atoms with E-state index in [2.05, 4.69) is 15.4 Å². The summed E-state index contributed by atoms with van der Waals surface area (Å²) in [5, 5.41) is 15.0. The minimum absolute atomic E-state index is 0.211. The molecule has 0 aliphatic rings. The molecule has 0 aromatic carbocycles. The van der Waals surface area contributed by atoms with E-state index in [1.54, 1.807) is 12.1 Å². The van der Waals surface area contributed by atoms with E-state index in [0.29, 0.717) is 5.69 Å². The van der Waals surface area contributed by atoms with Crippen LogP contribution in [0.1, 0.15) is 10.4 Å². The first kappa shape index (κ1) is 13.5. The summed E-state index contributed by atoms with van der Waals surface area (Å²) in [4.78, 5) is 26.5. The van der Waals surface area contributed by atoms with E-state index in [0.717, 1.165) is 0 Å². The van der Waals surface area contributed by atoms with Crippen molar-refractivity contribution in [2.75, 3.05) is 12.4 Å². The third kappa shape index (κ3) is 3.10. The zero-order chi connectivity index (χ0) is 14.5. The highest BCUT2D eigenvalue weighted by atomic mass is 16.5. The highest BCUT2D eigenvalue weighted by Crippen LogP contribution is 2.15. The Bertz CT molecular complexity index is 638. The van der Waals surface area contributed by atoms with E-state index < -0.39 is 11.9 Å². The number of carboxylic acids is 1. The maximum Gasteiger partial charge on any atom is 0.325 e. The molecule has 0 unspecified atom stereocenters. The van der Waals surface area contributed by atoms with Gasteiger partial charge in [-0.3, -0.25) is 14.3 Å². The van der Waals surface area contributed by atoms with Gasteiger partial charge in [-0.25, -0.2) is 4.98 Å². The minimum atomic E-state index is -1.01. The molecule has 0 aliphatic carbocycles. The molecule has 20 heavy (non-hydrogen) atoms. The van der Waals surface area contributed by atoms with Crippen LogP contribution in [0.25, 0.3) is 0 Å². The fourth-order valence-electron chi connectivity index (χ4n) is 1.58. The standard InChI is InChI=1S/C12H12N4O4/c1-20-12-9(3-2-4-13-12)11(19)15-8-5-14-16(6-8)7-10(17)18/h2-6H,7H2,1H3,(H,15,19)(H,17,18). The van der Waals surface area contributed by atoms with Crippen LogP contribution in [0.5, 0.6) is 5.88 Å². The van der Waals surface area contributed by atoms with E-state index in [4.69, 9.17) is 9.84 Å². The number of methoxy groups -OCH3 is 1. The van der Waals surface area contributed by atoms with E-state index >= 15 is 0 Å².